The zero-order valence-electron chi connectivity index (χ0n) is 20.3. The van der Waals surface area contributed by atoms with Crippen LogP contribution in [0.5, 0.6) is 0 Å². The van der Waals surface area contributed by atoms with E-state index in [1.54, 1.807) is 0 Å². The lowest BCUT2D eigenvalue weighted by atomic mass is 9.96. The van der Waals surface area contributed by atoms with Gasteiger partial charge in [-0.3, -0.25) is 19.2 Å². The third kappa shape index (κ3) is 7.27. The second-order valence-corrected chi connectivity index (χ2v) is 9.01. The summed E-state index contributed by atoms with van der Waals surface area (Å²) in [6.45, 7) is 14.4. The van der Waals surface area contributed by atoms with Gasteiger partial charge in [0.1, 0.15) is 0 Å². The van der Waals surface area contributed by atoms with Crippen molar-refractivity contribution in [1.82, 2.24) is 19.2 Å². The minimum atomic E-state index is -2.74. The number of fused-ring (bicyclic) bond motifs is 1. The SMILES string of the molecule is C=CCn1cc(CN2CCn3cccc3C2C(C)C)c(C)n1.O=C(O)CC(O)(CC(=O)O)C(=O)O. The molecule has 3 heterocycles. The lowest BCUT2D eigenvalue weighted by Gasteiger charge is -2.39. The molecule has 0 radical (unpaired) electrons. The molecule has 1 aliphatic rings. The molecule has 0 aliphatic carbocycles. The lowest BCUT2D eigenvalue weighted by molar-refractivity contribution is -0.170. The number of carboxylic acids is 3. The number of nitrogens with zero attached hydrogens (tertiary/aromatic N) is 4. The van der Waals surface area contributed by atoms with Gasteiger partial charge in [-0.2, -0.15) is 5.10 Å². The van der Waals surface area contributed by atoms with E-state index in [2.05, 4.69) is 66.4 Å². The molecule has 0 amide bonds. The molecule has 0 saturated carbocycles. The highest BCUT2D eigenvalue weighted by molar-refractivity contribution is 5.88. The molecule has 2 aromatic heterocycles. The Kier molecular flexibility index (Phi) is 9.38. The van der Waals surface area contributed by atoms with E-state index in [1.165, 1.54) is 11.3 Å². The number of aliphatic carboxylic acids is 3. The summed E-state index contributed by atoms with van der Waals surface area (Å²) >= 11 is 0. The zero-order valence-corrected chi connectivity index (χ0v) is 20.3. The maximum absolute atomic E-state index is 10.3. The molecular formula is C24H34N4O7. The summed E-state index contributed by atoms with van der Waals surface area (Å²) in [7, 11) is 0. The van der Waals surface area contributed by atoms with Crippen LogP contribution in [0.4, 0.5) is 0 Å². The number of aliphatic hydroxyl groups is 1. The van der Waals surface area contributed by atoms with Crippen molar-refractivity contribution in [1.29, 1.82) is 0 Å². The van der Waals surface area contributed by atoms with Crippen molar-refractivity contribution < 1.29 is 34.8 Å². The van der Waals surface area contributed by atoms with Crippen LogP contribution in [0.3, 0.4) is 0 Å². The number of allylic oxidation sites excluding steroid dienone is 1. The molecule has 0 saturated heterocycles. The molecule has 1 aliphatic heterocycles. The number of aryl methyl sites for hydroxylation is 1. The Morgan fingerprint density at radius 3 is 2.34 bits per heavy atom. The first-order valence-corrected chi connectivity index (χ1v) is 11.3. The van der Waals surface area contributed by atoms with Crippen LogP contribution in [0, 0.1) is 12.8 Å². The third-order valence-electron chi connectivity index (χ3n) is 5.84. The summed E-state index contributed by atoms with van der Waals surface area (Å²) in [5.41, 5.74) is 1.16. The van der Waals surface area contributed by atoms with Gasteiger partial charge in [-0.25, -0.2) is 4.79 Å². The van der Waals surface area contributed by atoms with Gasteiger partial charge in [-0.05, 0) is 25.0 Å². The number of aromatic nitrogens is 3. The first-order chi connectivity index (χ1) is 16.4. The monoisotopic (exact) mass is 490 g/mol. The van der Waals surface area contributed by atoms with Crippen LogP contribution in [-0.4, -0.2) is 69.7 Å². The predicted octanol–water partition coefficient (Wildman–Crippen LogP) is 2.14. The van der Waals surface area contributed by atoms with Crippen LogP contribution < -0.4 is 0 Å². The van der Waals surface area contributed by atoms with Crippen LogP contribution in [0.1, 0.15) is 49.7 Å². The second-order valence-electron chi connectivity index (χ2n) is 9.01. The fourth-order valence-corrected chi connectivity index (χ4v) is 4.28. The summed E-state index contributed by atoms with van der Waals surface area (Å²) in [6, 6.07) is 4.91. The Labute approximate surface area is 203 Å². The molecule has 11 heteroatoms. The molecule has 192 valence electrons. The van der Waals surface area contributed by atoms with E-state index in [9.17, 15) is 14.4 Å². The summed E-state index contributed by atoms with van der Waals surface area (Å²) in [6.07, 6.45) is 3.97. The van der Waals surface area contributed by atoms with Crippen LogP contribution in [0.2, 0.25) is 0 Å². The number of hydrogen-bond acceptors (Lipinski definition) is 6. The van der Waals surface area contributed by atoms with E-state index in [-0.39, 0.29) is 0 Å². The molecule has 0 spiro atoms. The Balaban J connectivity index is 0.000000287. The van der Waals surface area contributed by atoms with Crippen LogP contribution in [0.15, 0.2) is 37.2 Å². The van der Waals surface area contributed by atoms with Gasteiger partial charge in [0, 0.05) is 43.3 Å². The average Bonchev–Trinajstić information content (AvgIpc) is 3.33. The maximum Gasteiger partial charge on any atom is 0.336 e. The molecule has 2 aromatic rings. The predicted molar refractivity (Wildman–Crippen MR) is 127 cm³/mol. The fourth-order valence-electron chi connectivity index (χ4n) is 4.28. The van der Waals surface area contributed by atoms with Crippen molar-refractivity contribution in [2.24, 2.45) is 5.92 Å². The van der Waals surface area contributed by atoms with Crippen molar-refractivity contribution in [3.63, 3.8) is 0 Å². The van der Waals surface area contributed by atoms with Crippen molar-refractivity contribution in [2.75, 3.05) is 6.54 Å². The largest absolute Gasteiger partial charge is 0.481 e. The number of carboxylic acid groups (broad SMARTS) is 3. The van der Waals surface area contributed by atoms with Crippen molar-refractivity contribution in [2.45, 2.75) is 64.9 Å². The number of hydrogen-bond donors (Lipinski definition) is 4. The van der Waals surface area contributed by atoms with Gasteiger partial charge in [-0.15, -0.1) is 6.58 Å². The first kappa shape index (κ1) is 27.8. The fraction of sp³-hybridized carbons (Fsp3) is 0.500. The minimum absolute atomic E-state index is 0.478. The highest BCUT2D eigenvalue weighted by atomic mass is 16.4. The van der Waals surface area contributed by atoms with E-state index in [0.717, 1.165) is 31.9 Å². The smallest absolute Gasteiger partial charge is 0.336 e. The number of carbonyl (C=O) groups is 3. The van der Waals surface area contributed by atoms with Gasteiger partial charge >= 0.3 is 17.9 Å². The molecule has 0 aromatic carbocycles. The molecule has 1 unspecified atom stereocenters. The van der Waals surface area contributed by atoms with Gasteiger partial charge in [0.2, 0.25) is 0 Å². The highest BCUT2D eigenvalue weighted by Crippen LogP contribution is 2.33. The van der Waals surface area contributed by atoms with Crippen LogP contribution >= 0.6 is 0 Å². The highest BCUT2D eigenvalue weighted by Gasteiger charge is 2.40. The molecule has 35 heavy (non-hydrogen) atoms. The Bertz CT molecular complexity index is 1040. The Morgan fingerprint density at radius 2 is 1.83 bits per heavy atom. The van der Waals surface area contributed by atoms with Crippen LogP contribution in [0.25, 0.3) is 0 Å². The van der Waals surface area contributed by atoms with E-state index in [0.29, 0.717) is 12.0 Å². The summed E-state index contributed by atoms with van der Waals surface area (Å²) in [5.74, 6) is -4.42. The standard InChI is InChI=1S/C18H26N4.C6H8O7/c1-5-8-22-13-16(15(4)19-22)12-21-11-10-20-9-6-7-17(20)18(21)14(2)3;7-3(8)1-6(13,5(11)12)2-4(9)10/h5-7,9,13-14,18H,1,8,10-12H2,2-4H3;13H,1-2H2,(H,7,8)(H,9,10)(H,11,12). The first-order valence-electron chi connectivity index (χ1n) is 11.3. The molecule has 1 atom stereocenters. The topological polar surface area (TPSA) is 158 Å². The Hall–Kier alpha value is -3.44. The maximum atomic E-state index is 10.3. The average molecular weight is 491 g/mol. The molecular weight excluding hydrogens is 456 g/mol. The molecule has 3 rings (SSSR count). The normalized spacial score (nSPS) is 15.7. The third-order valence-corrected chi connectivity index (χ3v) is 5.84. The van der Waals surface area contributed by atoms with E-state index in [4.69, 9.17) is 20.4 Å². The van der Waals surface area contributed by atoms with Crippen molar-refractivity contribution in [3.05, 3.63) is 54.1 Å². The second kappa shape index (κ2) is 11.8. The Morgan fingerprint density at radius 1 is 1.20 bits per heavy atom. The molecule has 11 nitrogen and oxygen atoms in total. The molecule has 0 fully saturated rings. The van der Waals surface area contributed by atoms with Gasteiger partial charge in [-0.1, -0.05) is 19.9 Å². The summed E-state index contributed by atoms with van der Waals surface area (Å²) in [4.78, 5) is 33.1. The minimum Gasteiger partial charge on any atom is -0.481 e. The van der Waals surface area contributed by atoms with E-state index >= 15 is 0 Å². The molecule has 0 bridgehead atoms. The van der Waals surface area contributed by atoms with Gasteiger partial charge < -0.3 is 25.0 Å². The van der Waals surface area contributed by atoms with E-state index in [1.807, 2.05) is 10.8 Å². The number of rotatable bonds is 10. The van der Waals surface area contributed by atoms with Gasteiger partial charge in [0.05, 0.1) is 31.1 Å². The summed E-state index contributed by atoms with van der Waals surface area (Å²) in [5, 5.41) is 38.4. The summed E-state index contributed by atoms with van der Waals surface area (Å²) < 4.78 is 4.38. The van der Waals surface area contributed by atoms with Gasteiger partial charge in [0.25, 0.3) is 0 Å². The quantitative estimate of drug-likeness (QED) is 0.366. The zero-order chi connectivity index (χ0) is 26.3. The molecule has 4 N–H and O–H groups in total. The van der Waals surface area contributed by atoms with Crippen molar-refractivity contribution >= 4 is 17.9 Å². The lowest BCUT2D eigenvalue weighted by Crippen LogP contribution is -2.42. The van der Waals surface area contributed by atoms with Crippen LogP contribution in [-0.2, 0) is 34.0 Å². The van der Waals surface area contributed by atoms with Gasteiger partial charge in [0.15, 0.2) is 5.60 Å². The van der Waals surface area contributed by atoms with E-state index < -0.39 is 36.4 Å². The van der Waals surface area contributed by atoms with Crippen molar-refractivity contribution in [3.8, 4) is 0 Å².